The standard InChI is InChI=1S/C24H27F2N3O4/c1-13(2)29(15-6-4-3-5-7-15)12-16-8-9-19(32-16)24(31)28-20-17-10-14(25)11-18(26)21(17)33-22(20)23(27)30/h8-11,13,15H,3-7,12H2,1-2H3,(H2,27,30)(H,28,31). The van der Waals surface area contributed by atoms with Crippen LogP contribution in [0, 0.1) is 11.6 Å². The summed E-state index contributed by atoms with van der Waals surface area (Å²) in [7, 11) is 0. The topological polar surface area (TPSA) is 102 Å². The Morgan fingerprint density at radius 3 is 2.55 bits per heavy atom. The highest BCUT2D eigenvalue weighted by molar-refractivity contribution is 6.13. The molecule has 1 aromatic carbocycles. The molecule has 2 amide bonds. The van der Waals surface area contributed by atoms with E-state index in [0.717, 1.165) is 18.9 Å². The number of benzene rings is 1. The number of carbonyl (C=O) groups is 2. The normalized spacial score (nSPS) is 15.0. The van der Waals surface area contributed by atoms with Gasteiger partial charge in [0, 0.05) is 18.2 Å². The molecule has 176 valence electrons. The highest BCUT2D eigenvalue weighted by Crippen LogP contribution is 2.34. The van der Waals surface area contributed by atoms with Crippen LogP contribution in [0.4, 0.5) is 14.5 Å². The molecule has 0 spiro atoms. The molecule has 33 heavy (non-hydrogen) atoms. The zero-order valence-electron chi connectivity index (χ0n) is 18.6. The molecule has 0 aliphatic heterocycles. The van der Waals surface area contributed by atoms with Gasteiger partial charge in [-0.25, -0.2) is 8.78 Å². The predicted molar refractivity (Wildman–Crippen MR) is 119 cm³/mol. The van der Waals surface area contributed by atoms with Crippen molar-refractivity contribution < 1.29 is 27.2 Å². The summed E-state index contributed by atoms with van der Waals surface area (Å²) in [5, 5.41) is 2.36. The number of carbonyl (C=O) groups excluding carboxylic acids is 2. The number of fused-ring (bicyclic) bond motifs is 1. The summed E-state index contributed by atoms with van der Waals surface area (Å²) in [6, 6.07) is 5.62. The van der Waals surface area contributed by atoms with Gasteiger partial charge in [0.25, 0.3) is 11.8 Å². The van der Waals surface area contributed by atoms with Crippen LogP contribution in [0.25, 0.3) is 11.0 Å². The van der Waals surface area contributed by atoms with Gasteiger partial charge in [0.05, 0.1) is 11.9 Å². The smallest absolute Gasteiger partial charge is 0.291 e. The molecule has 1 saturated carbocycles. The maximum absolute atomic E-state index is 14.1. The maximum Gasteiger partial charge on any atom is 0.291 e. The summed E-state index contributed by atoms with van der Waals surface area (Å²) in [6.45, 7) is 4.84. The van der Waals surface area contributed by atoms with E-state index in [2.05, 4.69) is 24.1 Å². The van der Waals surface area contributed by atoms with Gasteiger partial charge in [-0.05, 0) is 44.9 Å². The number of rotatable bonds is 7. The molecule has 0 saturated heterocycles. The summed E-state index contributed by atoms with van der Waals surface area (Å²) in [4.78, 5) is 27.0. The van der Waals surface area contributed by atoms with Crippen LogP contribution in [-0.4, -0.2) is 28.8 Å². The average molecular weight is 459 g/mol. The van der Waals surface area contributed by atoms with Gasteiger partial charge in [0.15, 0.2) is 17.2 Å². The molecule has 0 atom stereocenters. The lowest BCUT2D eigenvalue weighted by Gasteiger charge is -2.36. The van der Waals surface area contributed by atoms with Crippen molar-refractivity contribution in [2.45, 2.75) is 64.6 Å². The van der Waals surface area contributed by atoms with Crippen LogP contribution >= 0.6 is 0 Å². The third-order valence-electron chi connectivity index (χ3n) is 6.10. The van der Waals surface area contributed by atoms with Gasteiger partial charge in [-0.1, -0.05) is 19.3 Å². The van der Waals surface area contributed by atoms with E-state index in [9.17, 15) is 18.4 Å². The van der Waals surface area contributed by atoms with Gasteiger partial charge >= 0.3 is 0 Å². The quantitative estimate of drug-likeness (QED) is 0.506. The first-order valence-electron chi connectivity index (χ1n) is 11.1. The number of nitrogens with one attached hydrogen (secondary N) is 1. The molecule has 2 aromatic heterocycles. The van der Waals surface area contributed by atoms with E-state index in [1.54, 1.807) is 6.07 Å². The number of hydrogen-bond acceptors (Lipinski definition) is 5. The van der Waals surface area contributed by atoms with E-state index >= 15 is 0 Å². The molecule has 3 aromatic rings. The van der Waals surface area contributed by atoms with Crippen molar-refractivity contribution in [1.29, 1.82) is 0 Å². The van der Waals surface area contributed by atoms with E-state index in [-0.39, 0.29) is 22.4 Å². The number of amides is 2. The Hall–Kier alpha value is -3.20. The molecule has 4 rings (SSSR count). The van der Waals surface area contributed by atoms with Crippen LogP contribution in [0.3, 0.4) is 0 Å². The second-order valence-electron chi connectivity index (χ2n) is 8.71. The van der Waals surface area contributed by atoms with Gasteiger partial charge in [0.2, 0.25) is 5.76 Å². The number of nitrogens with zero attached hydrogens (tertiary/aromatic N) is 1. The number of nitrogens with two attached hydrogens (primary N) is 1. The molecule has 7 nitrogen and oxygen atoms in total. The predicted octanol–water partition coefficient (Wildman–Crippen LogP) is 5.20. The van der Waals surface area contributed by atoms with E-state index in [4.69, 9.17) is 14.6 Å². The van der Waals surface area contributed by atoms with Crippen molar-refractivity contribution in [3.63, 3.8) is 0 Å². The van der Waals surface area contributed by atoms with Crippen LogP contribution in [0.2, 0.25) is 0 Å². The van der Waals surface area contributed by atoms with Gasteiger partial charge in [-0.15, -0.1) is 0 Å². The monoisotopic (exact) mass is 459 g/mol. The largest absolute Gasteiger partial charge is 0.455 e. The first kappa shape index (κ1) is 23.0. The van der Waals surface area contributed by atoms with Crippen LogP contribution in [0.1, 0.15) is 72.8 Å². The lowest BCUT2D eigenvalue weighted by atomic mass is 9.93. The summed E-state index contributed by atoms with van der Waals surface area (Å²) < 4.78 is 38.8. The van der Waals surface area contributed by atoms with Crippen LogP contribution in [0.15, 0.2) is 33.1 Å². The zero-order valence-corrected chi connectivity index (χ0v) is 18.6. The van der Waals surface area contributed by atoms with E-state index in [0.29, 0.717) is 30.5 Å². The van der Waals surface area contributed by atoms with Crippen LogP contribution in [0.5, 0.6) is 0 Å². The van der Waals surface area contributed by atoms with Crippen molar-refractivity contribution >= 4 is 28.5 Å². The molecular weight excluding hydrogens is 432 g/mol. The first-order valence-corrected chi connectivity index (χ1v) is 11.1. The average Bonchev–Trinajstić information content (AvgIpc) is 3.38. The maximum atomic E-state index is 14.1. The second-order valence-corrected chi connectivity index (χ2v) is 8.71. The number of furan rings is 2. The minimum absolute atomic E-state index is 0.000930. The highest BCUT2D eigenvalue weighted by Gasteiger charge is 2.27. The van der Waals surface area contributed by atoms with Gasteiger partial charge in [-0.2, -0.15) is 0 Å². The fourth-order valence-corrected chi connectivity index (χ4v) is 4.51. The Bertz CT molecular complexity index is 1180. The van der Waals surface area contributed by atoms with Gasteiger partial charge < -0.3 is 19.9 Å². The lowest BCUT2D eigenvalue weighted by molar-refractivity contribution is 0.0957. The molecule has 0 radical (unpaired) electrons. The third kappa shape index (κ3) is 4.78. The van der Waals surface area contributed by atoms with Gasteiger partial charge in [0.1, 0.15) is 17.3 Å². The molecular formula is C24H27F2N3O4. The van der Waals surface area contributed by atoms with Crippen molar-refractivity contribution in [3.05, 3.63) is 53.2 Å². The third-order valence-corrected chi connectivity index (χ3v) is 6.10. The lowest BCUT2D eigenvalue weighted by Crippen LogP contribution is -2.40. The Morgan fingerprint density at radius 1 is 1.15 bits per heavy atom. The molecule has 9 heteroatoms. The van der Waals surface area contributed by atoms with Crippen LogP contribution in [-0.2, 0) is 6.54 Å². The summed E-state index contributed by atoms with van der Waals surface area (Å²) >= 11 is 0. The first-order chi connectivity index (χ1) is 15.7. The summed E-state index contributed by atoms with van der Waals surface area (Å²) in [5.41, 5.74) is 4.73. The minimum atomic E-state index is -1.03. The van der Waals surface area contributed by atoms with Gasteiger partial charge in [-0.3, -0.25) is 14.5 Å². The van der Waals surface area contributed by atoms with E-state index < -0.39 is 29.2 Å². The fourth-order valence-electron chi connectivity index (χ4n) is 4.51. The summed E-state index contributed by atoms with van der Waals surface area (Å²) in [6.07, 6.45) is 5.96. The molecule has 0 unspecified atom stereocenters. The molecule has 2 heterocycles. The molecule has 0 bridgehead atoms. The van der Waals surface area contributed by atoms with Crippen molar-refractivity contribution in [2.75, 3.05) is 5.32 Å². The number of halogens is 2. The second kappa shape index (κ2) is 9.35. The number of anilines is 1. The number of primary amides is 1. The zero-order chi connectivity index (χ0) is 23.7. The summed E-state index contributed by atoms with van der Waals surface area (Å²) in [5.74, 6) is -3.46. The van der Waals surface area contributed by atoms with Crippen LogP contribution < -0.4 is 11.1 Å². The van der Waals surface area contributed by atoms with Crippen molar-refractivity contribution in [2.24, 2.45) is 5.73 Å². The van der Waals surface area contributed by atoms with Crippen molar-refractivity contribution in [3.8, 4) is 0 Å². The SMILES string of the molecule is CC(C)N(Cc1ccc(C(=O)Nc2c(C(N)=O)oc3c(F)cc(F)cc23)o1)C1CCCCC1. The number of hydrogen-bond donors (Lipinski definition) is 2. The Labute approximate surface area is 189 Å². The Balaban J connectivity index is 1.56. The van der Waals surface area contributed by atoms with E-state index in [1.807, 2.05) is 0 Å². The molecule has 1 aliphatic rings. The molecule has 1 aliphatic carbocycles. The minimum Gasteiger partial charge on any atom is -0.455 e. The Kier molecular flexibility index (Phi) is 6.51. The fraction of sp³-hybridized carbons (Fsp3) is 0.417. The molecule has 3 N–H and O–H groups in total. The van der Waals surface area contributed by atoms with Crippen molar-refractivity contribution in [1.82, 2.24) is 4.90 Å². The highest BCUT2D eigenvalue weighted by atomic mass is 19.1. The molecule has 1 fully saturated rings. The van der Waals surface area contributed by atoms with E-state index in [1.165, 1.54) is 25.3 Å². The Morgan fingerprint density at radius 2 is 1.88 bits per heavy atom.